The number of hydrogen-bond donors (Lipinski definition) is 1. The maximum atomic E-state index is 11.6. The van der Waals surface area contributed by atoms with Gasteiger partial charge in [-0.15, -0.1) is 0 Å². The van der Waals surface area contributed by atoms with E-state index in [0.29, 0.717) is 6.42 Å². The van der Waals surface area contributed by atoms with Crippen LogP contribution < -0.4 is 10.1 Å². The van der Waals surface area contributed by atoms with Crippen LogP contribution in [-0.4, -0.2) is 44.7 Å². The van der Waals surface area contributed by atoms with E-state index >= 15 is 0 Å². The Bertz CT molecular complexity index is 638. The van der Waals surface area contributed by atoms with Gasteiger partial charge in [0.05, 0.1) is 22.2 Å². The number of carbonyl (C=O) groups excluding carboxylic acids is 3. The van der Waals surface area contributed by atoms with Gasteiger partial charge >= 0.3 is 11.9 Å². The lowest BCUT2D eigenvalue weighted by Gasteiger charge is -2.09. The lowest BCUT2D eigenvalue weighted by Crippen LogP contribution is -2.30. The fourth-order valence-corrected chi connectivity index (χ4v) is 2.14. The van der Waals surface area contributed by atoms with E-state index in [4.69, 9.17) is 44.3 Å². The second-order valence-electron chi connectivity index (χ2n) is 4.68. The third-order valence-corrected chi connectivity index (χ3v) is 3.81. The van der Waals surface area contributed by atoms with Crippen LogP contribution in [0, 0.1) is 0 Å². The molecule has 1 amide bonds. The van der Waals surface area contributed by atoms with Crippen molar-refractivity contribution in [3.63, 3.8) is 0 Å². The minimum Gasteiger partial charge on any atom is -0.480 e. The summed E-state index contributed by atoms with van der Waals surface area (Å²) in [5.74, 6) is -1.45. The monoisotopic (exact) mass is 411 g/mol. The topological polar surface area (TPSA) is 90.9 Å². The molecule has 25 heavy (non-hydrogen) atoms. The van der Waals surface area contributed by atoms with E-state index in [9.17, 15) is 14.4 Å². The second kappa shape index (κ2) is 11.0. The van der Waals surface area contributed by atoms with Gasteiger partial charge in [0, 0.05) is 19.0 Å². The van der Waals surface area contributed by atoms with Crippen LogP contribution >= 0.6 is 34.8 Å². The van der Waals surface area contributed by atoms with Gasteiger partial charge in [-0.3, -0.25) is 9.59 Å². The van der Waals surface area contributed by atoms with Crippen molar-refractivity contribution in [2.75, 3.05) is 26.9 Å². The highest BCUT2D eigenvalue weighted by molar-refractivity contribution is 6.43. The number of esters is 2. The molecule has 0 heterocycles. The summed E-state index contributed by atoms with van der Waals surface area (Å²) in [5, 5.41) is 3.16. The maximum absolute atomic E-state index is 11.6. The SMILES string of the molecule is COC(=O)CCCNC(=O)COC(=O)COc1cc(Cl)c(Cl)cc1Cl. The Kier molecular flexibility index (Phi) is 9.41. The number of rotatable bonds is 9. The smallest absolute Gasteiger partial charge is 0.344 e. The first-order valence-electron chi connectivity index (χ1n) is 7.10. The number of hydrogen-bond acceptors (Lipinski definition) is 6. The van der Waals surface area contributed by atoms with Crippen molar-refractivity contribution in [3.05, 3.63) is 27.2 Å². The quantitative estimate of drug-likeness (QED) is 0.381. The van der Waals surface area contributed by atoms with Crippen molar-refractivity contribution in [2.24, 2.45) is 0 Å². The van der Waals surface area contributed by atoms with Crippen molar-refractivity contribution in [1.29, 1.82) is 0 Å². The number of methoxy groups -OCH3 is 1. The van der Waals surface area contributed by atoms with Gasteiger partial charge in [-0.1, -0.05) is 34.8 Å². The minimum atomic E-state index is -0.758. The molecule has 0 aromatic heterocycles. The second-order valence-corrected chi connectivity index (χ2v) is 5.90. The number of amides is 1. The molecule has 0 spiro atoms. The van der Waals surface area contributed by atoms with Crippen LogP contribution in [0.25, 0.3) is 0 Å². The zero-order valence-corrected chi connectivity index (χ0v) is 15.5. The maximum Gasteiger partial charge on any atom is 0.344 e. The molecule has 0 radical (unpaired) electrons. The summed E-state index contributed by atoms with van der Waals surface area (Å²) in [4.78, 5) is 33.9. The van der Waals surface area contributed by atoms with Gasteiger partial charge in [0.15, 0.2) is 13.2 Å². The summed E-state index contributed by atoms with van der Waals surface area (Å²) in [6, 6.07) is 2.75. The number of nitrogens with one attached hydrogen (secondary N) is 1. The highest BCUT2D eigenvalue weighted by Crippen LogP contribution is 2.33. The normalized spacial score (nSPS) is 10.1. The molecule has 1 aromatic rings. The van der Waals surface area contributed by atoms with E-state index in [1.807, 2.05) is 0 Å². The largest absolute Gasteiger partial charge is 0.480 e. The Morgan fingerprint density at radius 2 is 1.68 bits per heavy atom. The van der Waals surface area contributed by atoms with E-state index < -0.39 is 25.1 Å². The summed E-state index contributed by atoms with van der Waals surface area (Å²) >= 11 is 17.5. The van der Waals surface area contributed by atoms with E-state index in [-0.39, 0.29) is 39.8 Å². The average molecular weight is 413 g/mol. The van der Waals surface area contributed by atoms with E-state index in [2.05, 4.69) is 10.1 Å². The Labute approximate surface area is 159 Å². The third-order valence-electron chi connectivity index (χ3n) is 2.79. The van der Waals surface area contributed by atoms with Crippen molar-refractivity contribution >= 4 is 52.6 Å². The molecule has 0 fully saturated rings. The van der Waals surface area contributed by atoms with E-state index in [0.717, 1.165) is 0 Å². The molecule has 0 saturated carbocycles. The molecule has 1 N–H and O–H groups in total. The highest BCUT2D eigenvalue weighted by Gasteiger charge is 2.12. The lowest BCUT2D eigenvalue weighted by atomic mass is 10.3. The van der Waals surface area contributed by atoms with Crippen LogP contribution in [0.1, 0.15) is 12.8 Å². The van der Waals surface area contributed by atoms with Crippen molar-refractivity contribution in [1.82, 2.24) is 5.32 Å². The van der Waals surface area contributed by atoms with Gasteiger partial charge in [-0.25, -0.2) is 4.79 Å². The van der Waals surface area contributed by atoms with Gasteiger partial charge in [-0.2, -0.15) is 0 Å². The van der Waals surface area contributed by atoms with Crippen LogP contribution in [0.5, 0.6) is 5.75 Å². The summed E-state index contributed by atoms with van der Waals surface area (Å²) in [5.41, 5.74) is 0. The first-order chi connectivity index (χ1) is 11.8. The third kappa shape index (κ3) is 8.29. The molecule has 0 bridgehead atoms. The minimum absolute atomic E-state index is 0.167. The summed E-state index contributed by atoms with van der Waals surface area (Å²) in [6.45, 7) is -0.649. The van der Waals surface area contributed by atoms with E-state index in [1.165, 1.54) is 19.2 Å². The van der Waals surface area contributed by atoms with Gasteiger partial charge in [-0.05, 0) is 12.5 Å². The molecule has 1 aromatic carbocycles. The Morgan fingerprint density at radius 3 is 2.36 bits per heavy atom. The Morgan fingerprint density at radius 1 is 1.00 bits per heavy atom. The predicted molar refractivity (Wildman–Crippen MR) is 92.2 cm³/mol. The fourth-order valence-electron chi connectivity index (χ4n) is 1.55. The van der Waals surface area contributed by atoms with Crippen LogP contribution in [0.4, 0.5) is 0 Å². The molecule has 10 heteroatoms. The molecule has 7 nitrogen and oxygen atoms in total. The van der Waals surface area contributed by atoms with Crippen LogP contribution in [0.3, 0.4) is 0 Å². The molecule has 0 unspecified atom stereocenters. The summed E-state index contributed by atoms with van der Waals surface area (Å²) in [7, 11) is 1.29. The molecule has 0 atom stereocenters. The lowest BCUT2D eigenvalue weighted by molar-refractivity contribution is -0.150. The van der Waals surface area contributed by atoms with Crippen LogP contribution in [0.2, 0.25) is 15.1 Å². The number of benzene rings is 1. The summed E-state index contributed by atoms with van der Waals surface area (Å²) in [6.07, 6.45) is 0.611. The van der Waals surface area contributed by atoms with Crippen molar-refractivity contribution in [3.8, 4) is 5.75 Å². The van der Waals surface area contributed by atoms with Gasteiger partial charge in [0.2, 0.25) is 0 Å². The zero-order valence-electron chi connectivity index (χ0n) is 13.3. The highest BCUT2D eigenvalue weighted by atomic mass is 35.5. The first-order valence-corrected chi connectivity index (χ1v) is 8.23. The Hall–Kier alpha value is -1.70. The standard InChI is InChI=1S/C15H16Cl3NO6/c1-23-14(21)3-2-4-19-13(20)7-25-15(22)8-24-12-6-10(17)9(16)5-11(12)18/h5-6H,2-4,7-8H2,1H3,(H,19,20). The zero-order chi connectivity index (χ0) is 18.8. The molecule has 138 valence electrons. The molecule has 0 aliphatic heterocycles. The average Bonchev–Trinajstić information content (AvgIpc) is 2.58. The van der Waals surface area contributed by atoms with Crippen LogP contribution in [-0.2, 0) is 23.9 Å². The van der Waals surface area contributed by atoms with Gasteiger partial charge in [0.1, 0.15) is 5.75 Å². The molecule has 0 aliphatic rings. The van der Waals surface area contributed by atoms with E-state index in [1.54, 1.807) is 0 Å². The van der Waals surface area contributed by atoms with Crippen LogP contribution in [0.15, 0.2) is 12.1 Å². The summed E-state index contributed by atoms with van der Waals surface area (Å²) < 4.78 is 14.4. The molecule has 0 saturated heterocycles. The van der Waals surface area contributed by atoms with Crippen molar-refractivity contribution in [2.45, 2.75) is 12.8 Å². The predicted octanol–water partition coefficient (Wildman–Crippen LogP) is 2.64. The van der Waals surface area contributed by atoms with Gasteiger partial charge < -0.3 is 19.5 Å². The first kappa shape index (κ1) is 21.3. The Balaban J connectivity index is 2.25. The fraction of sp³-hybridized carbons (Fsp3) is 0.400. The molecule has 1 rings (SSSR count). The number of halogens is 3. The number of ether oxygens (including phenoxy) is 3. The van der Waals surface area contributed by atoms with Crippen molar-refractivity contribution < 1.29 is 28.6 Å². The molecular weight excluding hydrogens is 397 g/mol. The molecular formula is C15H16Cl3NO6. The molecule has 0 aliphatic carbocycles. The number of carbonyl (C=O) groups is 3. The van der Waals surface area contributed by atoms with Gasteiger partial charge in [0.25, 0.3) is 5.91 Å².